The van der Waals surface area contributed by atoms with Crippen molar-refractivity contribution in [2.75, 3.05) is 33.8 Å². The predicted molar refractivity (Wildman–Crippen MR) is 314 cm³/mol. The Hall–Kier alpha value is -8.35. The number of ether oxygens (including phenoxy) is 2. The van der Waals surface area contributed by atoms with Crippen LogP contribution in [0.1, 0.15) is 89.5 Å². The molecule has 416 valence electrons. The zero-order valence-electron chi connectivity index (χ0n) is 46.3. The summed E-state index contributed by atoms with van der Waals surface area (Å²) in [5.41, 5.74) is 6.44. The number of ketones is 1. The number of aryl methyl sites for hydroxylation is 1. The van der Waals surface area contributed by atoms with E-state index in [4.69, 9.17) is 21.1 Å². The number of Topliss-reactive ketones (excluding diaryl/α,β-unsaturated/α-hetero) is 1. The highest BCUT2D eigenvalue weighted by molar-refractivity contribution is 6.31. The number of alkyl carbamates (subject to hydrolysis) is 1. The molecule has 9 rings (SSSR count). The van der Waals surface area contributed by atoms with Crippen LogP contribution in [-0.2, 0) is 51.9 Å². The summed E-state index contributed by atoms with van der Waals surface area (Å²) in [6.07, 6.45) is 1.23. The van der Waals surface area contributed by atoms with Crippen molar-refractivity contribution in [2.24, 2.45) is 5.92 Å². The number of benzene rings is 7. The van der Waals surface area contributed by atoms with E-state index >= 15 is 14.4 Å². The van der Waals surface area contributed by atoms with E-state index in [1.165, 1.54) is 16.8 Å². The van der Waals surface area contributed by atoms with Gasteiger partial charge in [0, 0.05) is 73.6 Å². The number of nitrogens with one attached hydrogen (secondary N) is 1. The molecule has 4 amide bonds. The second kappa shape index (κ2) is 26.3. The lowest BCUT2D eigenvalue weighted by Gasteiger charge is -2.37. The van der Waals surface area contributed by atoms with Gasteiger partial charge >= 0.3 is 12.1 Å². The number of nitrogens with zero attached hydrogens (tertiary/aromatic N) is 3. The van der Waals surface area contributed by atoms with Crippen LogP contribution in [-0.4, -0.2) is 102 Å². The van der Waals surface area contributed by atoms with Gasteiger partial charge in [0.15, 0.2) is 11.4 Å². The number of fused-ring (bicyclic) bond motifs is 3. The molecule has 7 aromatic rings. The quantitative estimate of drug-likeness (QED) is 0.0554. The molecule has 12 nitrogen and oxygen atoms in total. The van der Waals surface area contributed by atoms with Crippen LogP contribution < -0.4 is 5.32 Å². The van der Waals surface area contributed by atoms with E-state index in [0.717, 1.165) is 52.6 Å². The Morgan fingerprint density at radius 3 is 1.70 bits per heavy atom. The van der Waals surface area contributed by atoms with Gasteiger partial charge in [-0.05, 0) is 72.1 Å². The summed E-state index contributed by atoms with van der Waals surface area (Å²) < 4.78 is 12.8. The van der Waals surface area contributed by atoms with Gasteiger partial charge in [-0.1, -0.05) is 206 Å². The molecular weight excluding hydrogens is 1040 g/mol. The van der Waals surface area contributed by atoms with Crippen LogP contribution in [0.2, 0.25) is 5.02 Å². The molecule has 1 fully saturated rings. The summed E-state index contributed by atoms with van der Waals surface area (Å²) in [5, 5.41) is 3.07. The highest BCUT2D eigenvalue weighted by Crippen LogP contribution is 2.46. The molecule has 0 bridgehead atoms. The molecule has 13 heteroatoms. The van der Waals surface area contributed by atoms with Gasteiger partial charge in [-0.3, -0.25) is 24.0 Å². The summed E-state index contributed by atoms with van der Waals surface area (Å²) >= 11 is 7.06. The van der Waals surface area contributed by atoms with Crippen LogP contribution in [0, 0.1) is 12.8 Å². The molecule has 2 aliphatic rings. The Bertz CT molecular complexity index is 3290. The minimum atomic E-state index is -1.66. The maximum Gasteiger partial charge on any atom is 0.407 e. The Labute approximate surface area is 480 Å². The second-order valence-electron chi connectivity index (χ2n) is 21.4. The van der Waals surface area contributed by atoms with Gasteiger partial charge in [-0.15, -0.1) is 0 Å². The molecule has 1 aliphatic carbocycles. The fraction of sp³-hybridized carbons (Fsp3) is 0.294. The van der Waals surface area contributed by atoms with E-state index in [1.54, 1.807) is 38.2 Å². The van der Waals surface area contributed by atoms with Crippen molar-refractivity contribution in [1.82, 2.24) is 20.0 Å². The van der Waals surface area contributed by atoms with Crippen LogP contribution in [0.3, 0.4) is 0 Å². The first kappa shape index (κ1) is 57.3. The number of carbonyl (C=O) groups is 6. The minimum absolute atomic E-state index is 0.00150. The van der Waals surface area contributed by atoms with Crippen LogP contribution in [0.4, 0.5) is 4.79 Å². The number of esters is 1. The molecule has 7 aromatic carbocycles. The molecule has 0 radical (unpaired) electrons. The molecule has 0 spiro atoms. The fourth-order valence-electron chi connectivity index (χ4n) is 11.5. The number of rotatable bonds is 21. The van der Waals surface area contributed by atoms with Crippen molar-refractivity contribution in [2.45, 2.75) is 88.4 Å². The molecule has 0 aromatic heterocycles. The first-order valence-corrected chi connectivity index (χ1v) is 28.2. The maximum absolute atomic E-state index is 15.6. The van der Waals surface area contributed by atoms with Crippen LogP contribution in [0.25, 0.3) is 11.1 Å². The molecule has 1 saturated heterocycles. The molecule has 1 unspecified atom stereocenters. The van der Waals surface area contributed by atoms with E-state index in [1.807, 2.05) is 176 Å². The van der Waals surface area contributed by atoms with Gasteiger partial charge < -0.3 is 29.5 Å². The number of hydrogen-bond acceptors (Lipinski definition) is 8. The van der Waals surface area contributed by atoms with Crippen molar-refractivity contribution in [1.29, 1.82) is 0 Å². The van der Waals surface area contributed by atoms with Crippen molar-refractivity contribution < 1.29 is 38.2 Å². The Kier molecular flexibility index (Phi) is 18.6. The average molecular weight is 1110 g/mol. The number of likely N-dealkylation sites (tertiary alicyclic amines) is 1. The van der Waals surface area contributed by atoms with Gasteiger partial charge in [0.2, 0.25) is 17.7 Å². The smallest absolute Gasteiger partial charge is 0.407 e. The highest BCUT2D eigenvalue weighted by atomic mass is 35.5. The maximum atomic E-state index is 15.6. The van der Waals surface area contributed by atoms with Crippen molar-refractivity contribution in [3.05, 3.63) is 238 Å². The topological polar surface area (TPSA) is 143 Å². The lowest BCUT2D eigenvalue weighted by Crippen LogP contribution is -2.58. The molecule has 5 atom stereocenters. The van der Waals surface area contributed by atoms with E-state index < -0.39 is 59.9 Å². The number of amides is 4. The third-order valence-electron chi connectivity index (χ3n) is 15.9. The first-order valence-electron chi connectivity index (χ1n) is 27.9. The van der Waals surface area contributed by atoms with E-state index in [0.29, 0.717) is 40.4 Å². The second-order valence-corrected chi connectivity index (χ2v) is 21.8. The Morgan fingerprint density at radius 1 is 0.605 bits per heavy atom. The van der Waals surface area contributed by atoms with Crippen LogP contribution >= 0.6 is 11.6 Å². The number of hydrogen-bond donors (Lipinski definition) is 1. The first-order chi connectivity index (χ1) is 39.2. The van der Waals surface area contributed by atoms with Gasteiger partial charge in [0.05, 0.1) is 12.5 Å². The number of likely N-dealkylation sites (N-methyl/N-ethyl adjacent to an activating group) is 2. The lowest BCUT2D eigenvalue weighted by molar-refractivity contribution is -0.156. The number of piperidine rings is 1. The van der Waals surface area contributed by atoms with Crippen molar-refractivity contribution in [3.63, 3.8) is 0 Å². The third kappa shape index (κ3) is 13.1. The molecule has 0 saturated carbocycles. The highest BCUT2D eigenvalue weighted by Gasteiger charge is 2.45. The molecule has 1 N–H and O–H groups in total. The Balaban J connectivity index is 1.06. The monoisotopic (exact) mass is 1100 g/mol. The molecule has 1 aliphatic heterocycles. The van der Waals surface area contributed by atoms with E-state index in [-0.39, 0.29) is 43.5 Å². The van der Waals surface area contributed by atoms with Crippen molar-refractivity contribution in [3.8, 4) is 11.1 Å². The summed E-state index contributed by atoms with van der Waals surface area (Å²) in [6.45, 7) is 4.90. The van der Waals surface area contributed by atoms with E-state index in [9.17, 15) is 14.4 Å². The normalized spacial score (nSPS) is 15.1. The summed E-state index contributed by atoms with van der Waals surface area (Å²) in [4.78, 5) is 93.7. The third-order valence-corrected chi connectivity index (χ3v) is 16.2. The zero-order valence-corrected chi connectivity index (χ0v) is 47.1. The number of halogens is 1. The molecular formula is C68H69ClN4O8. The summed E-state index contributed by atoms with van der Waals surface area (Å²) in [7, 11) is 3.01. The Morgan fingerprint density at radius 2 is 1.11 bits per heavy atom. The summed E-state index contributed by atoms with van der Waals surface area (Å²) in [5.74, 6) is -3.58. The lowest BCUT2D eigenvalue weighted by atomic mass is 9.79. The van der Waals surface area contributed by atoms with Crippen LogP contribution in [0.5, 0.6) is 0 Å². The number of carbonyl (C=O) groups excluding carboxylic acids is 6. The SMILES string of the molecule is Cc1ccc(C(OC(=O)C[C@H](NC(=O)OCC2c3ccccc3-c3ccccc32)C(=O)N(C)[C@@H](Cc2ccccc2)C(=O)N(C)[C@@H](Cc2ccccc2)C(=O)C[C@@H](C)C(=O)N2CCCCC2)(c2ccccc2)c2ccccc2Cl)cc1. The zero-order chi connectivity index (χ0) is 57.0. The van der Waals surface area contributed by atoms with Gasteiger partial charge in [-0.2, -0.15) is 0 Å². The van der Waals surface area contributed by atoms with Gasteiger partial charge in [0.25, 0.3) is 0 Å². The predicted octanol–water partition coefficient (Wildman–Crippen LogP) is 11.5. The minimum Gasteiger partial charge on any atom is -0.449 e. The summed E-state index contributed by atoms with van der Waals surface area (Å²) in [6, 6.07) is 54.2. The molecule has 1 heterocycles. The van der Waals surface area contributed by atoms with E-state index in [2.05, 4.69) is 5.32 Å². The van der Waals surface area contributed by atoms with Gasteiger partial charge in [-0.25, -0.2) is 4.79 Å². The standard InChI is InChI=1S/C68H69ClN4O8/c1-46-35-37-51(38-36-46)68(50-27-13-7-14-28-50,57-33-19-20-34-58(57)69)81-63(75)44-59(70-67(79)80-45-56-54-31-17-15-29-52(54)53-30-16-18-32-55(53)56)65(77)72(4)61(43-49-25-11-6-12-26-49)66(78)71(3)60(42-48-23-9-5-10-24-48)62(74)41-47(2)64(76)73-39-21-8-22-40-73/h5-7,9-20,23-38,47,56,59-61H,8,21-22,39-45H2,1-4H3,(H,70,79)/t47-,59+,60+,61+,68?/m1/s1. The fourth-order valence-corrected chi connectivity index (χ4v) is 11.8. The van der Waals surface area contributed by atoms with Crippen LogP contribution in [0.15, 0.2) is 188 Å². The van der Waals surface area contributed by atoms with Crippen molar-refractivity contribution >= 4 is 47.2 Å². The average Bonchev–Trinajstić information content (AvgIpc) is 3.89. The molecule has 81 heavy (non-hydrogen) atoms. The largest absolute Gasteiger partial charge is 0.449 e. The van der Waals surface area contributed by atoms with Gasteiger partial charge in [0.1, 0.15) is 18.7 Å².